The van der Waals surface area contributed by atoms with E-state index in [2.05, 4.69) is 170 Å². The van der Waals surface area contributed by atoms with E-state index in [0.717, 1.165) is 0 Å². The molecule has 2 heteroatoms. The molecule has 2 aromatic heterocycles. The van der Waals surface area contributed by atoms with E-state index >= 15 is 0 Å². The highest BCUT2D eigenvalue weighted by atomic mass is 32.1. The molecular weight excluding hydrogens is 641 g/mol. The molecule has 0 spiro atoms. The number of benzene rings is 9. The lowest BCUT2D eigenvalue weighted by molar-refractivity contribution is 1.64. The minimum atomic E-state index is 1.24. The van der Waals surface area contributed by atoms with Crippen molar-refractivity contribution in [2.45, 2.75) is 0 Å². The maximum absolute atomic E-state index is 2.47. The standard InChI is InChI=1S/C48H28S2/c1-2-12-29(13-3-1)31-23-24-39(33-15-5-4-14-32(31)33)46-37-19-8-6-17-35(37)45(36-18-7-9-20-38(36)46)30-22-26-43-41(28-30)47-44(49-43)27-25-40-34-16-10-11-21-42(34)50-48(40)47/h1-28H. The van der Waals surface area contributed by atoms with E-state index in [4.69, 9.17) is 0 Å². The Morgan fingerprint density at radius 1 is 0.280 bits per heavy atom. The Morgan fingerprint density at radius 3 is 1.54 bits per heavy atom. The van der Waals surface area contributed by atoms with Crippen molar-refractivity contribution < 1.29 is 0 Å². The largest absolute Gasteiger partial charge is 0.135 e. The van der Waals surface area contributed by atoms with Crippen LogP contribution in [0, 0.1) is 0 Å². The van der Waals surface area contributed by atoms with E-state index in [0.29, 0.717) is 0 Å². The lowest BCUT2D eigenvalue weighted by Gasteiger charge is -2.19. The molecule has 9 aromatic carbocycles. The van der Waals surface area contributed by atoms with Gasteiger partial charge in [0, 0.05) is 40.3 Å². The summed E-state index contributed by atoms with van der Waals surface area (Å²) < 4.78 is 5.43. The summed E-state index contributed by atoms with van der Waals surface area (Å²) in [4.78, 5) is 0. The second kappa shape index (κ2) is 10.9. The van der Waals surface area contributed by atoms with Crippen LogP contribution in [0.25, 0.3) is 106 Å². The molecule has 0 N–H and O–H groups in total. The number of rotatable bonds is 3. The minimum absolute atomic E-state index is 1.24. The van der Waals surface area contributed by atoms with Crippen molar-refractivity contribution in [3.63, 3.8) is 0 Å². The minimum Gasteiger partial charge on any atom is -0.135 e. The molecule has 50 heavy (non-hydrogen) atoms. The summed E-state index contributed by atoms with van der Waals surface area (Å²) in [5.74, 6) is 0. The summed E-state index contributed by atoms with van der Waals surface area (Å²) in [7, 11) is 0. The Hall–Kier alpha value is -5.80. The first-order chi connectivity index (χ1) is 24.8. The molecule has 0 aliphatic heterocycles. The van der Waals surface area contributed by atoms with Crippen LogP contribution >= 0.6 is 22.7 Å². The average molecular weight is 669 g/mol. The van der Waals surface area contributed by atoms with Crippen molar-refractivity contribution in [3.8, 4) is 33.4 Å². The van der Waals surface area contributed by atoms with Crippen LogP contribution in [0.15, 0.2) is 170 Å². The van der Waals surface area contributed by atoms with Crippen molar-refractivity contribution in [2.24, 2.45) is 0 Å². The van der Waals surface area contributed by atoms with E-state index in [1.165, 1.54) is 106 Å². The molecule has 0 bridgehead atoms. The zero-order valence-electron chi connectivity index (χ0n) is 27.0. The van der Waals surface area contributed by atoms with Crippen molar-refractivity contribution >= 4 is 95.3 Å². The van der Waals surface area contributed by atoms with Crippen LogP contribution in [0.1, 0.15) is 0 Å². The van der Waals surface area contributed by atoms with E-state index in [-0.39, 0.29) is 0 Å². The van der Waals surface area contributed by atoms with Gasteiger partial charge in [0.2, 0.25) is 0 Å². The molecule has 0 radical (unpaired) electrons. The molecule has 0 saturated heterocycles. The van der Waals surface area contributed by atoms with Gasteiger partial charge in [0.05, 0.1) is 0 Å². The molecule has 0 unspecified atom stereocenters. The smallest absolute Gasteiger partial charge is 0.0448 e. The number of hydrogen-bond donors (Lipinski definition) is 0. The molecule has 11 aromatic rings. The van der Waals surface area contributed by atoms with E-state index < -0.39 is 0 Å². The van der Waals surface area contributed by atoms with Gasteiger partial charge >= 0.3 is 0 Å². The third-order valence-corrected chi connectivity index (χ3v) is 12.8. The molecule has 0 amide bonds. The van der Waals surface area contributed by atoms with Gasteiger partial charge in [-0.05, 0) is 90.0 Å². The van der Waals surface area contributed by atoms with Gasteiger partial charge in [-0.1, -0.05) is 146 Å². The van der Waals surface area contributed by atoms with Gasteiger partial charge in [-0.25, -0.2) is 0 Å². The maximum atomic E-state index is 2.47. The average Bonchev–Trinajstić information content (AvgIpc) is 3.75. The van der Waals surface area contributed by atoms with Crippen LogP contribution in [0.3, 0.4) is 0 Å². The molecule has 0 atom stereocenters. The molecule has 11 rings (SSSR count). The highest BCUT2D eigenvalue weighted by Crippen LogP contribution is 2.49. The summed E-state index contributed by atoms with van der Waals surface area (Å²) in [6.07, 6.45) is 0. The van der Waals surface area contributed by atoms with Gasteiger partial charge in [-0.2, -0.15) is 0 Å². The Kier molecular flexibility index (Phi) is 6.09. The van der Waals surface area contributed by atoms with Crippen LogP contribution in [0.4, 0.5) is 0 Å². The quantitative estimate of drug-likeness (QED) is 0.164. The molecule has 0 aliphatic rings. The molecule has 0 saturated carbocycles. The lowest BCUT2D eigenvalue weighted by atomic mass is 9.83. The fraction of sp³-hybridized carbons (Fsp3) is 0. The summed E-state index contributed by atoms with van der Waals surface area (Å²) in [5, 5.41) is 13.1. The van der Waals surface area contributed by atoms with Gasteiger partial charge in [-0.3, -0.25) is 0 Å². The molecule has 0 aliphatic carbocycles. The molecule has 232 valence electrons. The van der Waals surface area contributed by atoms with Gasteiger partial charge in [0.15, 0.2) is 0 Å². The molecule has 2 heterocycles. The number of fused-ring (bicyclic) bond motifs is 10. The Morgan fingerprint density at radius 2 is 0.820 bits per heavy atom. The normalized spacial score (nSPS) is 12.0. The predicted octanol–water partition coefficient (Wildman–Crippen LogP) is 14.9. The van der Waals surface area contributed by atoms with Crippen molar-refractivity contribution in [2.75, 3.05) is 0 Å². The van der Waals surface area contributed by atoms with Crippen LogP contribution in [-0.4, -0.2) is 0 Å². The Labute approximate surface area is 297 Å². The summed E-state index contributed by atoms with van der Waals surface area (Å²) >= 11 is 3.83. The highest BCUT2D eigenvalue weighted by molar-refractivity contribution is 7.29. The summed E-state index contributed by atoms with van der Waals surface area (Å²) in [5.41, 5.74) is 7.63. The van der Waals surface area contributed by atoms with E-state index in [1.54, 1.807) is 0 Å². The van der Waals surface area contributed by atoms with Gasteiger partial charge in [-0.15, -0.1) is 22.7 Å². The fourth-order valence-electron chi connectivity index (χ4n) is 8.32. The zero-order valence-corrected chi connectivity index (χ0v) is 28.6. The van der Waals surface area contributed by atoms with Crippen LogP contribution in [0.5, 0.6) is 0 Å². The van der Waals surface area contributed by atoms with Crippen molar-refractivity contribution in [3.05, 3.63) is 170 Å². The SMILES string of the molecule is c1ccc(-c2ccc(-c3c4ccccc4c(-c4ccc5sc6ccc7c8ccccc8sc7c6c5c4)c4ccccc34)c3ccccc23)cc1. The maximum Gasteiger partial charge on any atom is 0.0448 e. The van der Waals surface area contributed by atoms with Gasteiger partial charge in [0.25, 0.3) is 0 Å². The monoisotopic (exact) mass is 668 g/mol. The second-order valence-corrected chi connectivity index (χ2v) is 15.3. The molecular formula is C48H28S2. The topological polar surface area (TPSA) is 0 Å². The zero-order chi connectivity index (χ0) is 32.8. The first-order valence-electron chi connectivity index (χ1n) is 17.1. The van der Waals surface area contributed by atoms with E-state index in [1.807, 2.05) is 22.7 Å². The highest BCUT2D eigenvalue weighted by Gasteiger charge is 2.20. The van der Waals surface area contributed by atoms with Crippen molar-refractivity contribution in [1.82, 2.24) is 0 Å². The third-order valence-electron chi connectivity index (χ3n) is 10.5. The van der Waals surface area contributed by atoms with Gasteiger partial charge < -0.3 is 0 Å². The first kappa shape index (κ1) is 28.1. The summed E-state index contributed by atoms with van der Waals surface area (Å²) in [6, 6.07) is 63.0. The van der Waals surface area contributed by atoms with Crippen molar-refractivity contribution in [1.29, 1.82) is 0 Å². The van der Waals surface area contributed by atoms with Crippen LogP contribution in [0.2, 0.25) is 0 Å². The predicted molar refractivity (Wildman–Crippen MR) is 221 cm³/mol. The van der Waals surface area contributed by atoms with Gasteiger partial charge in [0.1, 0.15) is 0 Å². The van der Waals surface area contributed by atoms with Crippen LogP contribution < -0.4 is 0 Å². The summed E-state index contributed by atoms with van der Waals surface area (Å²) in [6.45, 7) is 0. The Bertz CT molecular complexity index is 3080. The second-order valence-electron chi connectivity index (χ2n) is 13.1. The third kappa shape index (κ3) is 4.04. The Balaban J connectivity index is 1.21. The van der Waals surface area contributed by atoms with Crippen LogP contribution in [-0.2, 0) is 0 Å². The number of thiophene rings is 2. The fourth-order valence-corrected chi connectivity index (χ4v) is 10.7. The van der Waals surface area contributed by atoms with E-state index in [9.17, 15) is 0 Å². The number of hydrogen-bond acceptors (Lipinski definition) is 2. The molecule has 0 fully saturated rings. The first-order valence-corrected chi connectivity index (χ1v) is 18.7. The lowest BCUT2D eigenvalue weighted by Crippen LogP contribution is -1.92. The molecule has 0 nitrogen and oxygen atoms in total.